The lowest BCUT2D eigenvalue weighted by Crippen LogP contribution is -2.53. The lowest BCUT2D eigenvalue weighted by atomic mass is 9.91. The molecule has 0 unspecified atom stereocenters. The number of nitrogens with zero attached hydrogens (tertiary/aromatic N) is 3. The van der Waals surface area contributed by atoms with Gasteiger partial charge in [-0.3, -0.25) is 14.6 Å². The molecule has 0 spiro atoms. The standard InChI is InChI=1S/C23H36ClN3O7S.C18H19NO/c24-17-6-5-16(12-15(17)13-25)35-11-3-10-27(9-2-8-26-7-1-4-19(26)30)23(34)22(33)21(32)20(31)18(29)14-28;1-18(9-10-18)16-12-19-11-8-14(16)15-4-2-3-5-17(15)20-13-6-7-13/h5-6,12,18,20-22,28-29,31-33H,1-4,7-11,13-14,25H2;2-5,8,11-13H,6-7,9-10H2,1H3/t18-,20+,21-,22-;/m0./s1. The molecule has 3 fully saturated rings. The van der Waals surface area contributed by atoms with E-state index in [0.29, 0.717) is 61.2 Å². The van der Waals surface area contributed by atoms with Crippen molar-refractivity contribution in [3.05, 3.63) is 77.1 Å². The molecular formula is C41H55ClN4O8S. The molecule has 55 heavy (non-hydrogen) atoms. The fourth-order valence-electron chi connectivity index (χ4n) is 6.55. The summed E-state index contributed by atoms with van der Waals surface area (Å²) in [5.41, 5.74) is 10.7. The zero-order valence-electron chi connectivity index (χ0n) is 31.4. The van der Waals surface area contributed by atoms with Crippen molar-refractivity contribution in [2.24, 2.45) is 5.73 Å². The molecule has 0 bridgehead atoms. The number of hydrogen-bond donors (Lipinski definition) is 6. The van der Waals surface area contributed by atoms with Crippen molar-refractivity contribution in [2.45, 2.75) is 106 Å². The first-order chi connectivity index (χ1) is 26.4. The lowest BCUT2D eigenvalue weighted by molar-refractivity contribution is -0.158. The molecule has 0 radical (unpaired) electrons. The first-order valence-electron chi connectivity index (χ1n) is 19.2. The highest BCUT2D eigenvalue weighted by atomic mass is 35.5. The molecule has 2 amide bonds. The van der Waals surface area contributed by atoms with E-state index in [1.165, 1.54) is 47.3 Å². The number of ether oxygens (including phenoxy) is 1. The fourth-order valence-corrected chi connectivity index (χ4v) is 7.64. The number of halogens is 1. The maximum atomic E-state index is 12.9. The van der Waals surface area contributed by atoms with E-state index in [-0.39, 0.29) is 19.0 Å². The number of benzene rings is 2. The van der Waals surface area contributed by atoms with E-state index in [0.717, 1.165) is 22.6 Å². The summed E-state index contributed by atoms with van der Waals surface area (Å²) in [6.07, 6.45) is 4.12. The largest absolute Gasteiger partial charge is 0.490 e. The molecule has 2 heterocycles. The van der Waals surface area contributed by atoms with Crippen molar-refractivity contribution in [3.8, 4) is 16.9 Å². The Bertz CT molecular complexity index is 1730. The van der Waals surface area contributed by atoms with Gasteiger partial charge in [0.05, 0.1) is 12.7 Å². The number of aliphatic hydroxyl groups is 5. The first kappa shape index (κ1) is 42.9. The molecule has 4 atom stereocenters. The Morgan fingerprint density at radius 2 is 1.82 bits per heavy atom. The second kappa shape index (κ2) is 20.2. The number of para-hydroxylation sites is 1. The predicted octanol–water partition coefficient (Wildman–Crippen LogP) is 3.90. The smallest absolute Gasteiger partial charge is 0.254 e. The van der Waals surface area contributed by atoms with Gasteiger partial charge in [0.25, 0.3) is 5.91 Å². The van der Waals surface area contributed by atoms with Crippen LogP contribution in [0.3, 0.4) is 0 Å². The quantitative estimate of drug-likeness (QED) is 0.0763. The first-order valence-corrected chi connectivity index (χ1v) is 20.5. The number of carbonyl (C=O) groups excluding carboxylic acids is 2. The molecule has 2 aliphatic carbocycles. The van der Waals surface area contributed by atoms with Crippen LogP contribution < -0.4 is 10.5 Å². The summed E-state index contributed by atoms with van der Waals surface area (Å²) in [6.45, 7) is 3.51. The van der Waals surface area contributed by atoms with Gasteiger partial charge in [0.15, 0.2) is 6.10 Å². The minimum Gasteiger partial charge on any atom is -0.490 e. The van der Waals surface area contributed by atoms with E-state index in [9.17, 15) is 30.0 Å². The minimum absolute atomic E-state index is 0.0793. The molecule has 2 saturated carbocycles. The van der Waals surface area contributed by atoms with Gasteiger partial charge in [-0.15, -0.1) is 11.8 Å². The van der Waals surface area contributed by atoms with E-state index in [2.05, 4.69) is 42.2 Å². The van der Waals surface area contributed by atoms with E-state index in [1.54, 1.807) is 22.7 Å². The molecule has 1 aliphatic heterocycles. The van der Waals surface area contributed by atoms with Crippen LogP contribution in [0, 0.1) is 0 Å². The monoisotopic (exact) mass is 798 g/mol. The summed E-state index contributed by atoms with van der Waals surface area (Å²) < 4.78 is 6.08. The van der Waals surface area contributed by atoms with Crippen LogP contribution in [0.1, 0.15) is 69.4 Å². The summed E-state index contributed by atoms with van der Waals surface area (Å²) in [6, 6.07) is 16.1. The third-order valence-corrected chi connectivity index (χ3v) is 11.8. The summed E-state index contributed by atoms with van der Waals surface area (Å²) in [7, 11) is 0. The van der Waals surface area contributed by atoms with E-state index in [4.69, 9.17) is 27.2 Å². The number of aromatic nitrogens is 1. The van der Waals surface area contributed by atoms with Crippen LogP contribution in [-0.2, 0) is 21.5 Å². The summed E-state index contributed by atoms with van der Waals surface area (Å²) in [5.74, 6) is 0.962. The van der Waals surface area contributed by atoms with Gasteiger partial charge in [0.2, 0.25) is 5.91 Å². The lowest BCUT2D eigenvalue weighted by Gasteiger charge is -2.30. The Labute approximate surface area is 332 Å². The van der Waals surface area contributed by atoms with Gasteiger partial charge in [0, 0.05) is 67.0 Å². The Morgan fingerprint density at radius 3 is 2.49 bits per heavy atom. The topological polar surface area (TPSA) is 190 Å². The van der Waals surface area contributed by atoms with E-state index < -0.39 is 36.9 Å². The molecule has 14 heteroatoms. The van der Waals surface area contributed by atoms with Crippen LogP contribution in [0.4, 0.5) is 0 Å². The number of aliphatic hydroxyl groups excluding tert-OH is 5. The molecule has 1 aromatic heterocycles. The molecule has 1 saturated heterocycles. The molecule has 300 valence electrons. The second-order valence-corrected chi connectivity index (χ2v) is 16.4. The van der Waals surface area contributed by atoms with Crippen LogP contribution in [0.15, 0.2) is 65.8 Å². The Kier molecular flexibility index (Phi) is 15.8. The molecular weight excluding hydrogens is 744 g/mol. The maximum Gasteiger partial charge on any atom is 0.254 e. The minimum atomic E-state index is -1.98. The van der Waals surface area contributed by atoms with Crippen LogP contribution in [0.2, 0.25) is 5.02 Å². The SMILES string of the molecule is CC1(c2cnccc2-c2ccccc2OC2CC2)CC1.NCc1cc(SCCCN(CCCN2CCCC2=O)C(=O)[C@@H](O)[C@@H](O)[C@H](O)[C@@H](O)CO)ccc1Cl. The van der Waals surface area contributed by atoms with Crippen LogP contribution >= 0.6 is 23.4 Å². The summed E-state index contributed by atoms with van der Waals surface area (Å²) in [5, 5.41) is 49.5. The van der Waals surface area contributed by atoms with Crippen molar-refractivity contribution in [3.63, 3.8) is 0 Å². The number of likely N-dealkylation sites (tertiary alicyclic amines) is 1. The number of rotatable bonds is 19. The van der Waals surface area contributed by atoms with Crippen LogP contribution in [0.25, 0.3) is 11.1 Å². The highest BCUT2D eigenvalue weighted by Gasteiger charge is 2.41. The number of carbonyl (C=O) groups is 2. The van der Waals surface area contributed by atoms with Crippen molar-refractivity contribution in [1.82, 2.24) is 14.8 Å². The zero-order chi connectivity index (χ0) is 39.5. The predicted molar refractivity (Wildman–Crippen MR) is 213 cm³/mol. The van der Waals surface area contributed by atoms with Gasteiger partial charge in [-0.2, -0.15) is 0 Å². The number of hydrogen-bond acceptors (Lipinski definition) is 11. The number of thioether (sulfide) groups is 1. The average molecular weight is 799 g/mol. The van der Waals surface area contributed by atoms with Gasteiger partial charge in [-0.1, -0.05) is 36.7 Å². The van der Waals surface area contributed by atoms with Gasteiger partial charge in [0.1, 0.15) is 24.1 Å². The number of pyridine rings is 1. The molecule has 7 N–H and O–H groups in total. The third-order valence-electron chi connectivity index (χ3n) is 10.4. The van der Waals surface area contributed by atoms with Crippen molar-refractivity contribution < 1.29 is 39.9 Å². The van der Waals surface area contributed by atoms with Gasteiger partial charge in [-0.25, -0.2) is 0 Å². The van der Waals surface area contributed by atoms with Crippen molar-refractivity contribution in [2.75, 3.05) is 38.5 Å². The van der Waals surface area contributed by atoms with E-state index in [1.807, 2.05) is 24.5 Å². The normalized spacial score (nSPS) is 18.2. The second-order valence-electron chi connectivity index (χ2n) is 14.8. The molecule has 3 aromatic rings. The Morgan fingerprint density at radius 1 is 1.07 bits per heavy atom. The van der Waals surface area contributed by atoms with Gasteiger partial charge >= 0.3 is 0 Å². The van der Waals surface area contributed by atoms with Gasteiger partial charge in [-0.05, 0) is 103 Å². The highest BCUT2D eigenvalue weighted by Crippen LogP contribution is 2.51. The molecule has 3 aliphatic rings. The van der Waals surface area contributed by atoms with Crippen LogP contribution in [0.5, 0.6) is 5.75 Å². The fraction of sp³-hybridized carbons (Fsp3) is 0.537. The van der Waals surface area contributed by atoms with Crippen molar-refractivity contribution in [1.29, 1.82) is 0 Å². The number of amides is 2. The Balaban J connectivity index is 0.000000242. The number of nitrogens with two attached hydrogens (primary N) is 1. The maximum absolute atomic E-state index is 12.9. The summed E-state index contributed by atoms with van der Waals surface area (Å²) >= 11 is 7.66. The van der Waals surface area contributed by atoms with Gasteiger partial charge < -0.3 is 45.8 Å². The van der Waals surface area contributed by atoms with Crippen LogP contribution in [-0.4, -0.2) is 121 Å². The summed E-state index contributed by atoms with van der Waals surface area (Å²) in [4.78, 5) is 33.2. The van der Waals surface area contributed by atoms with E-state index >= 15 is 0 Å². The molecule has 2 aromatic carbocycles. The third kappa shape index (κ3) is 11.9. The highest BCUT2D eigenvalue weighted by molar-refractivity contribution is 7.99. The molecule has 6 rings (SSSR count). The zero-order valence-corrected chi connectivity index (χ0v) is 33.0. The average Bonchev–Trinajstić information content (AvgIpc) is 4.14. The van der Waals surface area contributed by atoms with Crippen molar-refractivity contribution >= 4 is 35.2 Å². The Hall–Kier alpha value is -3.27. The molecule has 12 nitrogen and oxygen atoms in total.